The lowest BCUT2D eigenvalue weighted by Crippen LogP contribution is -2.11. The van der Waals surface area contributed by atoms with Gasteiger partial charge in [0.05, 0.1) is 11.4 Å². The second kappa shape index (κ2) is 4.18. The molecule has 1 aromatic carbocycles. The van der Waals surface area contributed by atoms with Gasteiger partial charge in [-0.1, -0.05) is 18.2 Å². The number of anilines is 1. The smallest absolute Gasteiger partial charge is 0.410 e. The first kappa shape index (κ1) is 10.8. The van der Waals surface area contributed by atoms with Crippen LogP contribution in [0.5, 0.6) is 0 Å². The molecule has 1 amide bonds. The van der Waals surface area contributed by atoms with Gasteiger partial charge in [0.15, 0.2) is 0 Å². The van der Waals surface area contributed by atoms with Crippen molar-refractivity contribution in [3.05, 3.63) is 42.1 Å². The van der Waals surface area contributed by atoms with Crippen molar-refractivity contribution in [2.45, 2.75) is 18.8 Å². The molecule has 92 valence electrons. The molecular formula is C13H13N3O2. The van der Waals surface area contributed by atoms with Gasteiger partial charge in [0, 0.05) is 12.0 Å². The molecule has 0 aliphatic heterocycles. The van der Waals surface area contributed by atoms with Crippen molar-refractivity contribution in [1.82, 2.24) is 9.78 Å². The Morgan fingerprint density at radius 2 is 2.06 bits per heavy atom. The summed E-state index contributed by atoms with van der Waals surface area (Å²) in [7, 11) is 0. The molecule has 18 heavy (non-hydrogen) atoms. The first-order valence-corrected chi connectivity index (χ1v) is 5.89. The molecule has 0 spiro atoms. The summed E-state index contributed by atoms with van der Waals surface area (Å²) in [6, 6.07) is 11.3. The highest BCUT2D eigenvalue weighted by Gasteiger charge is 2.27. The van der Waals surface area contributed by atoms with Gasteiger partial charge in [-0.2, -0.15) is 5.10 Å². The first-order chi connectivity index (χ1) is 8.74. The van der Waals surface area contributed by atoms with Crippen molar-refractivity contribution >= 4 is 11.9 Å². The van der Waals surface area contributed by atoms with E-state index in [-0.39, 0.29) is 0 Å². The topological polar surface area (TPSA) is 67.2 Å². The number of aromatic nitrogens is 2. The van der Waals surface area contributed by atoms with Crippen molar-refractivity contribution < 1.29 is 9.90 Å². The van der Waals surface area contributed by atoms with Crippen LogP contribution in [0.1, 0.15) is 24.5 Å². The van der Waals surface area contributed by atoms with Crippen LogP contribution in [0.2, 0.25) is 0 Å². The van der Waals surface area contributed by atoms with Crippen LogP contribution in [0.3, 0.4) is 0 Å². The molecule has 1 aliphatic carbocycles. The molecule has 5 heteroatoms. The summed E-state index contributed by atoms with van der Waals surface area (Å²) < 4.78 is 1.64. The zero-order chi connectivity index (χ0) is 12.5. The Kier molecular flexibility index (Phi) is 2.51. The van der Waals surface area contributed by atoms with Crippen LogP contribution in [0, 0.1) is 0 Å². The molecule has 1 aliphatic rings. The van der Waals surface area contributed by atoms with Gasteiger partial charge in [-0.3, -0.25) is 5.32 Å². The van der Waals surface area contributed by atoms with E-state index in [4.69, 9.17) is 5.11 Å². The third-order valence-electron chi connectivity index (χ3n) is 2.96. The maximum absolute atomic E-state index is 10.8. The third-order valence-corrected chi connectivity index (χ3v) is 2.96. The van der Waals surface area contributed by atoms with Gasteiger partial charge in [-0.05, 0) is 25.0 Å². The maximum Gasteiger partial charge on any atom is 0.410 e. The van der Waals surface area contributed by atoms with E-state index >= 15 is 0 Å². The first-order valence-electron chi connectivity index (χ1n) is 5.89. The van der Waals surface area contributed by atoms with Gasteiger partial charge in [-0.25, -0.2) is 9.48 Å². The molecule has 3 rings (SSSR count). The van der Waals surface area contributed by atoms with Crippen LogP contribution in [-0.4, -0.2) is 21.0 Å². The molecule has 5 nitrogen and oxygen atoms in total. The van der Waals surface area contributed by atoms with E-state index in [0.29, 0.717) is 11.7 Å². The monoisotopic (exact) mass is 243 g/mol. The van der Waals surface area contributed by atoms with Crippen LogP contribution < -0.4 is 5.32 Å². The summed E-state index contributed by atoms with van der Waals surface area (Å²) in [6.45, 7) is 0. The molecule has 0 saturated heterocycles. The fourth-order valence-corrected chi connectivity index (χ4v) is 1.94. The minimum atomic E-state index is -1.07. The van der Waals surface area contributed by atoms with Crippen molar-refractivity contribution in [3.8, 4) is 5.69 Å². The zero-order valence-electron chi connectivity index (χ0n) is 9.71. The molecule has 0 atom stereocenters. The third kappa shape index (κ3) is 2.07. The predicted molar refractivity (Wildman–Crippen MR) is 67.2 cm³/mol. The van der Waals surface area contributed by atoms with Crippen LogP contribution in [-0.2, 0) is 0 Å². The number of hydrogen-bond donors (Lipinski definition) is 2. The number of para-hydroxylation sites is 1. The van der Waals surface area contributed by atoms with Crippen molar-refractivity contribution in [2.75, 3.05) is 5.32 Å². The Morgan fingerprint density at radius 1 is 1.33 bits per heavy atom. The second-order valence-electron chi connectivity index (χ2n) is 4.41. The molecule has 1 saturated carbocycles. The molecule has 0 unspecified atom stereocenters. The average Bonchev–Trinajstić information content (AvgIpc) is 3.12. The lowest BCUT2D eigenvalue weighted by molar-refractivity contribution is 0.209. The number of carboxylic acid groups (broad SMARTS) is 1. The van der Waals surface area contributed by atoms with E-state index in [9.17, 15) is 4.79 Å². The van der Waals surface area contributed by atoms with Crippen LogP contribution in [0.15, 0.2) is 36.4 Å². The van der Waals surface area contributed by atoms with Gasteiger partial charge < -0.3 is 5.11 Å². The van der Waals surface area contributed by atoms with Crippen molar-refractivity contribution in [1.29, 1.82) is 0 Å². The maximum atomic E-state index is 10.8. The van der Waals surface area contributed by atoms with Crippen LogP contribution in [0.4, 0.5) is 10.6 Å². The van der Waals surface area contributed by atoms with Gasteiger partial charge in [0.25, 0.3) is 0 Å². The fourth-order valence-electron chi connectivity index (χ4n) is 1.94. The largest absolute Gasteiger partial charge is 0.465 e. The van der Waals surface area contributed by atoms with Gasteiger partial charge in [0.1, 0.15) is 5.82 Å². The number of hydrogen-bond acceptors (Lipinski definition) is 2. The lowest BCUT2D eigenvalue weighted by atomic mass is 10.3. The Bertz CT molecular complexity index is 573. The number of rotatable bonds is 3. The van der Waals surface area contributed by atoms with Crippen LogP contribution >= 0.6 is 0 Å². The van der Waals surface area contributed by atoms with E-state index in [1.807, 2.05) is 36.4 Å². The number of carbonyl (C=O) groups is 1. The predicted octanol–water partition coefficient (Wildman–Crippen LogP) is 2.84. The Labute approximate surface area is 104 Å². The summed E-state index contributed by atoms with van der Waals surface area (Å²) in [5.74, 6) is 0.986. The Hall–Kier alpha value is -2.30. The number of nitrogens with zero attached hydrogens (tertiary/aromatic N) is 2. The van der Waals surface area contributed by atoms with E-state index in [1.165, 1.54) is 0 Å². The zero-order valence-corrected chi connectivity index (χ0v) is 9.71. The van der Waals surface area contributed by atoms with E-state index < -0.39 is 6.09 Å². The molecule has 1 aromatic heterocycles. The van der Waals surface area contributed by atoms with Crippen molar-refractivity contribution in [2.24, 2.45) is 0 Å². The Morgan fingerprint density at radius 3 is 2.67 bits per heavy atom. The minimum absolute atomic E-state index is 0.490. The highest BCUT2D eigenvalue weighted by atomic mass is 16.4. The standard InChI is InChI=1S/C13H13N3O2/c17-13(18)14-12-8-11(9-6-7-9)15-16(12)10-4-2-1-3-5-10/h1-5,8-9,14H,6-7H2,(H,17,18). The number of amides is 1. The summed E-state index contributed by atoms with van der Waals surface area (Å²) in [5.41, 5.74) is 1.82. The quantitative estimate of drug-likeness (QED) is 0.871. The van der Waals surface area contributed by atoms with Gasteiger partial charge >= 0.3 is 6.09 Å². The van der Waals surface area contributed by atoms with E-state index in [0.717, 1.165) is 24.2 Å². The molecular weight excluding hydrogens is 230 g/mol. The SMILES string of the molecule is O=C(O)Nc1cc(C2CC2)nn1-c1ccccc1. The fraction of sp³-hybridized carbons (Fsp3) is 0.231. The van der Waals surface area contributed by atoms with Crippen molar-refractivity contribution in [3.63, 3.8) is 0 Å². The molecule has 2 aromatic rings. The average molecular weight is 243 g/mol. The van der Waals surface area contributed by atoms with Gasteiger partial charge in [-0.15, -0.1) is 0 Å². The Balaban J connectivity index is 2.02. The van der Waals surface area contributed by atoms with Gasteiger partial charge in [0.2, 0.25) is 0 Å². The molecule has 2 N–H and O–H groups in total. The molecule has 0 bridgehead atoms. The highest BCUT2D eigenvalue weighted by molar-refractivity contribution is 5.82. The molecule has 1 heterocycles. The number of nitrogens with one attached hydrogen (secondary N) is 1. The summed E-state index contributed by atoms with van der Waals surface area (Å²) >= 11 is 0. The molecule has 1 fully saturated rings. The second-order valence-corrected chi connectivity index (χ2v) is 4.41. The normalized spacial score (nSPS) is 14.4. The summed E-state index contributed by atoms with van der Waals surface area (Å²) in [5, 5.41) is 15.7. The summed E-state index contributed by atoms with van der Waals surface area (Å²) in [6.07, 6.45) is 1.20. The number of benzene rings is 1. The van der Waals surface area contributed by atoms with Crippen LogP contribution in [0.25, 0.3) is 5.69 Å². The summed E-state index contributed by atoms with van der Waals surface area (Å²) in [4.78, 5) is 10.8. The molecule has 0 radical (unpaired) electrons. The minimum Gasteiger partial charge on any atom is -0.465 e. The lowest BCUT2D eigenvalue weighted by Gasteiger charge is -2.05. The van der Waals surface area contributed by atoms with E-state index in [1.54, 1.807) is 4.68 Å². The van der Waals surface area contributed by atoms with E-state index in [2.05, 4.69) is 10.4 Å². The highest BCUT2D eigenvalue weighted by Crippen LogP contribution is 2.40.